The Kier molecular flexibility index (Phi) is 4.98. The molecule has 4 saturated heterocycles. The highest BCUT2D eigenvalue weighted by Gasteiger charge is 2.55. The van der Waals surface area contributed by atoms with Gasteiger partial charge < -0.3 is 23.8 Å². The standard InChI is InChI=1S/C19H34BN3O4/c1-18(2)19(3,4)27-20(26-18)14-6-9-23(12-14)17(24)21(5)15-7-8-22-10-11-25-16(15)13-22/h14-16H,6-13H2,1-5H3. The number of hydrogen-bond donors (Lipinski definition) is 0. The van der Waals surface area contributed by atoms with Crippen LogP contribution in [0.5, 0.6) is 0 Å². The highest BCUT2D eigenvalue weighted by Crippen LogP contribution is 2.42. The molecule has 0 N–H and O–H groups in total. The SMILES string of the molecule is CN(C(=O)N1CCC(B2OC(C)(C)C(C)(C)O2)C1)C1CCN2CCOC1C2. The molecular formula is C19H34BN3O4. The van der Waals surface area contributed by atoms with Crippen LogP contribution in [-0.2, 0) is 14.0 Å². The smallest absolute Gasteiger partial charge is 0.403 e. The largest absolute Gasteiger partial charge is 0.463 e. The van der Waals surface area contributed by atoms with Gasteiger partial charge in [0.1, 0.15) is 0 Å². The quantitative estimate of drug-likeness (QED) is 0.684. The molecule has 4 fully saturated rings. The summed E-state index contributed by atoms with van der Waals surface area (Å²) in [5.74, 6) is 0.233. The number of piperidine rings is 1. The van der Waals surface area contributed by atoms with E-state index in [2.05, 4.69) is 32.6 Å². The van der Waals surface area contributed by atoms with E-state index in [1.54, 1.807) is 0 Å². The molecule has 152 valence electrons. The lowest BCUT2D eigenvalue weighted by Crippen LogP contribution is -2.60. The van der Waals surface area contributed by atoms with Crippen LogP contribution in [0, 0.1) is 0 Å². The first-order valence-electron chi connectivity index (χ1n) is 10.4. The van der Waals surface area contributed by atoms with E-state index in [9.17, 15) is 4.79 Å². The first-order valence-corrected chi connectivity index (χ1v) is 10.4. The normalized spacial score (nSPS) is 37.5. The molecule has 4 heterocycles. The molecule has 0 aliphatic carbocycles. The first-order chi connectivity index (χ1) is 12.7. The molecule has 4 atom stereocenters. The average Bonchev–Trinajstić information content (AvgIpc) is 3.17. The van der Waals surface area contributed by atoms with Gasteiger partial charge in [-0.1, -0.05) is 0 Å². The number of hydrogen-bond acceptors (Lipinski definition) is 5. The molecule has 4 rings (SSSR count). The van der Waals surface area contributed by atoms with Crippen molar-refractivity contribution in [2.75, 3.05) is 46.4 Å². The van der Waals surface area contributed by atoms with Gasteiger partial charge in [-0.15, -0.1) is 0 Å². The molecule has 8 heteroatoms. The molecule has 7 nitrogen and oxygen atoms in total. The number of rotatable bonds is 2. The number of ether oxygens (including phenoxy) is 1. The third-order valence-corrected chi connectivity index (χ3v) is 7.30. The predicted octanol–water partition coefficient (Wildman–Crippen LogP) is 1.68. The van der Waals surface area contributed by atoms with Crippen LogP contribution in [0.2, 0.25) is 5.82 Å². The van der Waals surface area contributed by atoms with E-state index in [-0.39, 0.29) is 42.3 Å². The van der Waals surface area contributed by atoms with Gasteiger partial charge in [0, 0.05) is 45.6 Å². The van der Waals surface area contributed by atoms with Crippen molar-refractivity contribution in [3.8, 4) is 0 Å². The summed E-state index contributed by atoms with van der Waals surface area (Å²) in [7, 11) is 1.70. The Morgan fingerprint density at radius 2 is 1.74 bits per heavy atom. The van der Waals surface area contributed by atoms with Crippen LogP contribution < -0.4 is 0 Å². The Balaban J connectivity index is 1.35. The summed E-state index contributed by atoms with van der Waals surface area (Å²) < 4.78 is 18.4. The fourth-order valence-electron chi connectivity index (χ4n) is 4.74. The molecule has 4 aliphatic rings. The molecule has 0 aromatic carbocycles. The van der Waals surface area contributed by atoms with E-state index in [1.165, 1.54) is 0 Å². The van der Waals surface area contributed by atoms with E-state index < -0.39 is 0 Å². The molecule has 0 aromatic heterocycles. The number of likely N-dealkylation sites (N-methyl/N-ethyl adjacent to an activating group) is 1. The molecule has 0 spiro atoms. The number of morpholine rings is 1. The van der Waals surface area contributed by atoms with Crippen molar-refractivity contribution in [1.82, 2.24) is 14.7 Å². The number of fused-ring (bicyclic) bond motifs is 2. The number of carbonyl (C=O) groups is 1. The maximum atomic E-state index is 13.1. The van der Waals surface area contributed by atoms with E-state index in [1.807, 2.05) is 16.8 Å². The Labute approximate surface area is 163 Å². The minimum atomic E-state index is -0.321. The molecule has 27 heavy (non-hydrogen) atoms. The first kappa shape index (κ1) is 19.5. The molecule has 4 unspecified atom stereocenters. The zero-order valence-electron chi connectivity index (χ0n) is 17.4. The topological polar surface area (TPSA) is 54.5 Å². The van der Waals surface area contributed by atoms with Crippen LogP contribution in [0.3, 0.4) is 0 Å². The van der Waals surface area contributed by atoms with Gasteiger partial charge in [0.25, 0.3) is 0 Å². The molecule has 4 aliphatic heterocycles. The maximum Gasteiger partial charge on any atom is 0.463 e. The Morgan fingerprint density at radius 3 is 2.44 bits per heavy atom. The van der Waals surface area contributed by atoms with Gasteiger partial charge in [0.15, 0.2) is 0 Å². The Hall–Kier alpha value is -0.825. The predicted molar refractivity (Wildman–Crippen MR) is 104 cm³/mol. The van der Waals surface area contributed by atoms with Gasteiger partial charge in [-0.25, -0.2) is 4.79 Å². The number of nitrogens with zero attached hydrogens (tertiary/aromatic N) is 3. The van der Waals surface area contributed by atoms with Crippen LogP contribution in [0.15, 0.2) is 0 Å². The molecule has 0 saturated carbocycles. The summed E-state index contributed by atoms with van der Waals surface area (Å²) in [5.41, 5.74) is -0.643. The minimum Gasteiger partial charge on any atom is -0.403 e. The Bertz CT molecular complexity index is 571. The van der Waals surface area contributed by atoms with Gasteiger partial charge in [-0.05, 0) is 40.5 Å². The van der Waals surface area contributed by atoms with E-state index in [0.29, 0.717) is 6.54 Å². The second-order valence-corrected chi connectivity index (χ2v) is 9.58. The summed E-state index contributed by atoms with van der Waals surface area (Å²) in [6, 6.07) is 0.284. The summed E-state index contributed by atoms with van der Waals surface area (Å²) >= 11 is 0. The molecule has 0 aromatic rings. The summed E-state index contributed by atoms with van der Waals surface area (Å²) in [6.45, 7) is 13.6. The molecule has 2 bridgehead atoms. The van der Waals surface area contributed by atoms with Gasteiger partial charge in [-0.2, -0.15) is 0 Å². The molecule has 0 radical (unpaired) electrons. The van der Waals surface area contributed by atoms with Crippen molar-refractivity contribution in [3.05, 3.63) is 0 Å². The van der Waals surface area contributed by atoms with Gasteiger partial charge in [-0.3, -0.25) is 4.90 Å². The summed E-state index contributed by atoms with van der Waals surface area (Å²) in [4.78, 5) is 19.4. The number of urea groups is 1. The lowest BCUT2D eigenvalue weighted by Gasteiger charge is -2.46. The van der Waals surface area contributed by atoms with Crippen molar-refractivity contribution >= 4 is 13.1 Å². The molecule has 2 amide bonds. The molecular weight excluding hydrogens is 345 g/mol. The van der Waals surface area contributed by atoms with E-state index in [4.69, 9.17) is 14.0 Å². The van der Waals surface area contributed by atoms with Crippen molar-refractivity contribution in [1.29, 1.82) is 0 Å². The lowest BCUT2D eigenvalue weighted by molar-refractivity contribution is -0.0899. The second kappa shape index (κ2) is 6.90. The third-order valence-electron chi connectivity index (χ3n) is 7.30. The highest BCUT2D eigenvalue weighted by atomic mass is 16.7. The van der Waals surface area contributed by atoms with Crippen molar-refractivity contribution < 1.29 is 18.8 Å². The lowest BCUT2D eigenvalue weighted by atomic mass is 9.71. The Morgan fingerprint density at radius 1 is 1.04 bits per heavy atom. The van der Waals surface area contributed by atoms with E-state index in [0.717, 1.165) is 45.6 Å². The van der Waals surface area contributed by atoms with Crippen molar-refractivity contribution in [3.63, 3.8) is 0 Å². The fourth-order valence-corrected chi connectivity index (χ4v) is 4.74. The fraction of sp³-hybridized carbons (Fsp3) is 0.947. The zero-order chi connectivity index (χ0) is 19.4. The number of likely N-dealkylation sites (tertiary alicyclic amines) is 1. The monoisotopic (exact) mass is 379 g/mol. The number of amides is 2. The van der Waals surface area contributed by atoms with Crippen LogP contribution >= 0.6 is 0 Å². The summed E-state index contributed by atoms with van der Waals surface area (Å²) in [6.07, 6.45) is 2.05. The third kappa shape index (κ3) is 3.50. The maximum absolute atomic E-state index is 13.1. The van der Waals surface area contributed by atoms with Crippen molar-refractivity contribution in [2.45, 2.75) is 69.7 Å². The highest BCUT2D eigenvalue weighted by molar-refractivity contribution is 6.47. The van der Waals surface area contributed by atoms with Crippen LogP contribution in [0.4, 0.5) is 4.79 Å². The van der Waals surface area contributed by atoms with Crippen LogP contribution in [0.25, 0.3) is 0 Å². The summed E-state index contributed by atoms with van der Waals surface area (Å²) in [5, 5.41) is 0. The zero-order valence-corrected chi connectivity index (χ0v) is 17.4. The van der Waals surface area contributed by atoms with Gasteiger partial charge in [0.2, 0.25) is 0 Å². The average molecular weight is 379 g/mol. The second-order valence-electron chi connectivity index (χ2n) is 9.58. The van der Waals surface area contributed by atoms with Crippen LogP contribution in [0.1, 0.15) is 40.5 Å². The van der Waals surface area contributed by atoms with Gasteiger partial charge >= 0.3 is 13.1 Å². The minimum absolute atomic E-state index is 0.113. The van der Waals surface area contributed by atoms with Crippen molar-refractivity contribution in [2.24, 2.45) is 0 Å². The number of carbonyl (C=O) groups excluding carboxylic acids is 1. The van der Waals surface area contributed by atoms with Crippen LogP contribution in [-0.4, -0.2) is 97.6 Å². The van der Waals surface area contributed by atoms with E-state index >= 15 is 0 Å². The van der Waals surface area contributed by atoms with Gasteiger partial charge in [0.05, 0.1) is 30.0 Å².